The first-order chi connectivity index (χ1) is 9.08. The van der Waals surface area contributed by atoms with Gasteiger partial charge in [-0.25, -0.2) is 0 Å². The Hall–Kier alpha value is -2.22. The fourth-order valence-corrected chi connectivity index (χ4v) is 2.11. The molecular formula is C17H18O2. The van der Waals surface area contributed by atoms with E-state index >= 15 is 0 Å². The molecule has 1 aromatic carbocycles. The molecule has 0 spiro atoms. The highest BCUT2D eigenvalue weighted by Crippen LogP contribution is 2.34. The molecule has 98 valence electrons. The number of aryl methyl sites for hydroxylation is 2. The Morgan fingerprint density at radius 2 is 2.05 bits per heavy atom. The van der Waals surface area contributed by atoms with Gasteiger partial charge in [-0.3, -0.25) is 0 Å². The first-order valence-corrected chi connectivity index (χ1v) is 6.27. The maximum absolute atomic E-state index is 9.80. The summed E-state index contributed by atoms with van der Waals surface area (Å²) in [5, 5.41) is 10.8. The Kier molecular flexibility index (Phi) is 3.61. The van der Waals surface area contributed by atoms with Crippen molar-refractivity contribution >= 4 is 16.5 Å². The molecule has 1 heterocycles. The zero-order valence-corrected chi connectivity index (χ0v) is 11.5. The molecule has 1 N–H and O–H groups in total. The molecule has 1 aromatic heterocycles. The molecule has 19 heavy (non-hydrogen) atoms. The lowest BCUT2D eigenvalue weighted by Gasteiger charge is -1.98. The van der Waals surface area contributed by atoms with E-state index in [0.29, 0.717) is 5.75 Å². The molecule has 2 aromatic rings. The van der Waals surface area contributed by atoms with E-state index in [-0.39, 0.29) is 0 Å². The number of aromatic hydroxyl groups is 1. The van der Waals surface area contributed by atoms with Crippen molar-refractivity contribution in [2.45, 2.75) is 20.8 Å². The third kappa shape index (κ3) is 2.34. The fraction of sp³-hybridized carbons (Fsp3) is 0.176. The lowest BCUT2D eigenvalue weighted by Crippen LogP contribution is -1.80. The predicted molar refractivity (Wildman–Crippen MR) is 80.3 cm³/mol. The van der Waals surface area contributed by atoms with E-state index in [0.717, 1.165) is 33.4 Å². The smallest absolute Gasteiger partial charge is 0.137 e. The number of furan rings is 1. The van der Waals surface area contributed by atoms with Crippen LogP contribution in [0.25, 0.3) is 16.5 Å². The number of benzene rings is 1. The van der Waals surface area contributed by atoms with E-state index in [4.69, 9.17) is 4.42 Å². The maximum atomic E-state index is 9.80. The van der Waals surface area contributed by atoms with Gasteiger partial charge in [0.05, 0.1) is 0 Å². The zero-order chi connectivity index (χ0) is 14.0. The Bertz CT molecular complexity index is 685. The van der Waals surface area contributed by atoms with Gasteiger partial charge in [-0.1, -0.05) is 30.9 Å². The Labute approximate surface area is 113 Å². The summed E-state index contributed by atoms with van der Waals surface area (Å²) in [4.78, 5) is 0. The summed E-state index contributed by atoms with van der Waals surface area (Å²) in [6.45, 7) is 9.50. The molecule has 0 aliphatic carbocycles. The van der Waals surface area contributed by atoms with E-state index in [9.17, 15) is 5.11 Å². The summed E-state index contributed by atoms with van der Waals surface area (Å²) in [6.07, 6.45) is 7.57. The van der Waals surface area contributed by atoms with Crippen LogP contribution in [0.5, 0.6) is 5.75 Å². The Morgan fingerprint density at radius 1 is 1.32 bits per heavy atom. The number of phenols is 1. The predicted octanol–water partition coefficient (Wildman–Crippen LogP) is 4.90. The number of allylic oxidation sites excluding steroid dienone is 5. The van der Waals surface area contributed by atoms with Crippen molar-refractivity contribution in [2.75, 3.05) is 0 Å². The molecule has 2 nitrogen and oxygen atoms in total. The third-order valence-corrected chi connectivity index (χ3v) is 3.24. The first-order valence-electron chi connectivity index (χ1n) is 6.27. The Balaban J connectivity index is 2.65. The topological polar surface area (TPSA) is 33.4 Å². The molecule has 2 rings (SSSR count). The van der Waals surface area contributed by atoms with Crippen molar-refractivity contribution < 1.29 is 9.52 Å². The molecule has 0 amide bonds. The molecule has 0 radical (unpaired) electrons. The molecule has 0 atom stereocenters. The highest BCUT2D eigenvalue weighted by atomic mass is 16.3. The summed E-state index contributed by atoms with van der Waals surface area (Å²) >= 11 is 0. The van der Waals surface area contributed by atoms with Crippen LogP contribution in [0.1, 0.15) is 23.8 Å². The van der Waals surface area contributed by atoms with Crippen LogP contribution in [0.3, 0.4) is 0 Å². The van der Waals surface area contributed by atoms with Crippen LogP contribution in [0.4, 0.5) is 0 Å². The molecule has 0 unspecified atom stereocenters. The fourth-order valence-electron chi connectivity index (χ4n) is 2.11. The number of fused-ring (bicyclic) bond motifs is 1. The highest BCUT2D eigenvalue weighted by Gasteiger charge is 2.14. The van der Waals surface area contributed by atoms with Crippen LogP contribution in [0, 0.1) is 13.8 Å². The van der Waals surface area contributed by atoms with Gasteiger partial charge in [0, 0.05) is 16.5 Å². The van der Waals surface area contributed by atoms with Gasteiger partial charge in [0.15, 0.2) is 0 Å². The second-order valence-electron chi connectivity index (χ2n) is 4.53. The summed E-state index contributed by atoms with van der Waals surface area (Å²) in [5.41, 5.74) is 3.66. The van der Waals surface area contributed by atoms with Gasteiger partial charge in [0.1, 0.15) is 17.1 Å². The third-order valence-electron chi connectivity index (χ3n) is 3.24. The van der Waals surface area contributed by atoms with Crippen LogP contribution in [-0.4, -0.2) is 5.11 Å². The van der Waals surface area contributed by atoms with Crippen LogP contribution in [0.2, 0.25) is 0 Å². The van der Waals surface area contributed by atoms with Gasteiger partial charge in [0.25, 0.3) is 0 Å². The normalized spacial score (nSPS) is 12.5. The maximum Gasteiger partial charge on any atom is 0.137 e. The van der Waals surface area contributed by atoms with Crippen molar-refractivity contribution in [3.05, 3.63) is 59.9 Å². The Morgan fingerprint density at radius 3 is 2.68 bits per heavy atom. The molecule has 0 bridgehead atoms. The van der Waals surface area contributed by atoms with Crippen LogP contribution >= 0.6 is 0 Å². The van der Waals surface area contributed by atoms with Gasteiger partial charge >= 0.3 is 0 Å². The average Bonchev–Trinajstić information content (AvgIpc) is 2.69. The van der Waals surface area contributed by atoms with Crippen LogP contribution in [-0.2, 0) is 0 Å². The van der Waals surface area contributed by atoms with Crippen molar-refractivity contribution in [1.29, 1.82) is 0 Å². The number of hydrogen-bond donors (Lipinski definition) is 1. The van der Waals surface area contributed by atoms with E-state index in [1.165, 1.54) is 0 Å². The highest BCUT2D eigenvalue weighted by molar-refractivity contribution is 5.89. The van der Waals surface area contributed by atoms with Gasteiger partial charge in [0.2, 0.25) is 0 Å². The minimum absolute atomic E-state index is 0.298. The summed E-state index contributed by atoms with van der Waals surface area (Å²) in [6, 6.07) is 3.63. The van der Waals surface area contributed by atoms with E-state index < -0.39 is 0 Å². The van der Waals surface area contributed by atoms with Crippen LogP contribution in [0.15, 0.2) is 47.4 Å². The minimum atomic E-state index is 0.298. The minimum Gasteiger partial charge on any atom is -0.508 e. The standard InChI is InChI=1S/C17H18O2/c1-5-7-8-13(6-2)17-12(4)14-10-15(18)11(3)9-16(14)19-17/h5-10,18H,1H2,2-4H3/b8-7-,13-6+. The second-order valence-corrected chi connectivity index (χ2v) is 4.53. The molecule has 0 aliphatic rings. The van der Waals surface area contributed by atoms with Crippen molar-refractivity contribution in [3.8, 4) is 5.75 Å². The number of phenolic OH excluding ortho intramolecular Hbond substituents is 1. The SMILES string of the molecule is C=C/C=C\C(=C/C)c1oc2cc(C)c(O)cc2c1C. The van der Waals surface area contributed by atoms with Crippen molar-refractivity contribution in [2.24, 2.45) is 0 Å². The van der Waals surface area contributed by atoms with Crippen LogP contribution < -0.4 is 0 Å². The van der Waals surface area contributed by atoms with Gasteiger partial charge in [-0.05, 0) is 38.5 Å². The summed E-state index contributed by atoms with van der Waals surface area (Å²) in [5.74, 6) is 1.13. The summed E-state index contributed by atoms with van der Waals surface area (Å²) in [7, 11) is 0. The molecule has 0 aliphatic heterocycles. The largest absolute Gasteiger partial charge is 0.508 e. The monoisotopic (exact) mass is 254 g/mol. The molecular weight excluding hydrogens is 236 g/mol. The lowest BCUT2D eigenvalue weighted by molar-refractivity contribution is 0.471. The quantitative estimate of drug-likeness (QED) is 0.790. The molecule has 0 saturated heterocycles. The number of rotatable bonds is 3. The van der Waals surface area contributed by atoms with Gasteiger partial charge < -0.3 is 9.52 Å². The summed E-state index contributed by atoms with van der Waals surface area (Å²) < 4.78 is 5.92. The lowest BCUT2D eigenvalue weighted by atomic mass is 10.1. The van der Waals surface area contributed by atoms with Gasteiger partial charge in [-0.15, -0.1) is 0 Å². The van der Waals surface area contributed by atoms with Crippen molar-refractivity contribution in [1.82, 2.24) is 0 Å². The van der Waals surface area contributed by atoms with Gasteiger partial charge in [-0.2, -0.15) is 0 Å². The second kappa shape index (κ2) is 5.19. The van der Waals surface area contributed by atoms with E-state index in [2.05, 4.69) is 6.58 Å². The average molecular weight is 254 g/mol. The van der Waals surface area contributed by atoms with E-state index in [1.807, 2.05) is 45.1 Å². The van der Waals surface area contributed by atoms with E-state index in [1.54, 1.807) is 12.1 Å². The molecule has 0 fully saturated rings. The first kappa shape index (κ1) is 13.2. The molecule has 2 heteroatoms. The molecule has 0 saturated carbocycles. The van der Waals surface area contributed by atoms with Crippen molar-refractivity contribution in [3.63, 3.8) is 0 Å². The number of hydrogen-bond acceptors (Lipinski definition) is 2. The zero-order valence-electron chi connectivity index (χ0n) is 11.5.